The van der Waals surface area contributed by atoms with Crippen molar-refractivity contribution in [3.05, 3.63) is 30.7 Å². The van der Waals surface area contributed by atoms with Crippen LogP contribution in [-0.2, 0) is 0 Å². The molecule has 6 nitrogen and oxygen atoms in total. The van der Waals surface area contributed by atoms with E-state index in [9.17, 15) is 0 Å². The molecule has 2 aromatic rings. The van der Waals surface area contributed by atoms with Crippen LogP contribution in [0.25, 0.3) is 5.65 Å². The summed E-state index contributed by atoms with van der Waals surface area (Å²) in [5.41, 5.74) is 3.26. The standard InChI is InChI=1S/C14H19N5O/c1-10-4-2-3-5-11(10)9-20-14-13-16-6-7-19(13)8-12(17-14)18-15/h2-3,6-8,10-11,18H,4-5,9,15H2,1H3. The number of imidazole rings is 1. The first-order valence-electron chi connectivity index (χ1n) is 6.86. The Hall–Kier alpha value is -2.08. The highest BCUT2D eigenvalue weighted by atomic mass is 16.5. The second-order valence-corrected chi connectivity index (χ2v) is 5.22. The lowest BCUT2D eigenvalue weighted by Gasteiger charge is -2.24. The Balaban J connectivity index is 1.79. The van der Waals surface area contributed by atoms with Crippen molar-refractivity contribution in [3.8, 4) is 5.88 Å². The highest BCUT2D eigenvalue weighted by Gasteiger charge is 2.20. The van der Waals surface area contributed by atoms with E-state index in [1.165, 1.54) is 0 Å². The molecule has 2 heterocycles. The number of hydrazine groups is 1. The number of nitrogens with zero attached hydrogens (tertiary/aromatic N) is 3. The van der Waals surface area contributed by atoms with Crippen LogP contribution < -0.4 is 16.0 Å². The van der Waals surface area contributed by atoms with Crippen molar-refractivity contribution in [2.24, 2.45) is 17.7 Å². The van der Waals surface area contributed by atoms with Gasteiger partial charge in [-0.25, -0.2) is 10.8 Å². The number of nitrogens with two attached hydrogens (primary N) is 1. The molecule has 0 aromatic carbocycles. The second kappa shape index (κ2) is 5.50. The van der Waals surface area contributed by atoms with Gasteiger partial charge >= 0.3 is 0 Å². The van der Waals surface area contributed by atoms with Gasteiger partial charge in [0.1, 0.15) is 0 Å². The van der Waals surface area contributed by atoms with Crippen molar-refractivity contribution in [1.82, 2.24) is 14.4 Å². The lowest BCUT2D eigenvalue weighted by molar-refractivity contribution is 0.194. The van der Waals surface area contributed by atoms with Gasteiger partial charge in [0.2, 0.25) is 5.65 Å². The van der Waals surface area contributed by atoms with E-state index in [0.717, 1.165) is 12.8 Å². The summed E-state index contributed by atoms with van der Waals surface area (Å²) in [5.74, 6) is 7.66. The third-order valence-corrected chi connectivity index (χ3v) is 3.84. The molecule has 106 valence electrons. The smallest absolute Gasteiger partial charge is 0.260 e. The minimum atomic E-state index is 0.520. The number of nitrogen functional groups attached to an aromatic ring is 1. The third kappa shape index (κ3) is 2.46. The number of hydrogen-bond acceptors (Lipinski definition) is 5. The molecule has 0 aliphatic heterocycles. The molecule has 0 bridgehead atoms. The van der Waals surface area contributed by atoms with Gasteiger partial charge in [-0.2, -0.15) is 4.98 Å². The zero-order valence-corrected chi connectivity index (χ0v) is 11.5. The highest BCUT2D eigenvalue weighted by Crippen LogP contribution is 2.26. The Morgan fingerprint density at radius 3 is 3.10 bits per heavy atom. The molecule has 2 aromatic heterocycles. The molecular weight excluding hydrogens is 254 g/mol. The van der Waals surface area contributed by atoms with Crippen LogP contribution in [-0.4, -0.2) is 21.0 Å². The van der Waals surface area contributed by atoms with Gasteiger partial charge in [-0.05, 0) is 24.7 Å². The molecule has 0 saturated carbocycles. The van der Waals surface area contributed by atoms with Crippen LogP contribution in [0, 0.1) is 11.8 Å². The van der Waals surface area contributed by atoms with Crippen molar-refractivity contribution in [2.75, 3.05) is 12.0 Å². The number of nitrogens with one attached hydrogen (secondary N) is 1. The van der Waals surface area contributed by atoms with E-state index >= 15 is 0 Å². The summed E-state index contributed by atoms with van der Waals surface area (Å²) in [5, 5.41) is 0. The molecule has 1 aliphatic rings. The van der Waals surface area contributed by atoms with E-state index < -0.39 is 0 Å². The van der Waals surface area contributed by atoms with E-state index in [4.69, 9.17) is 10.6 Å². The quantitative estimate of drug-likeness (QED) is 0.506. The number of fused-ring (bicyclic) bond motifs is 1. The van der Waals surface area contributed by atoms with Gasteiger partial charge in [-0.15, -0.1) is 0 Å². The minimum Gasteiger partial charge on any atom is -0.475 e. The van der Waals surface area contributed by atoms with Gasteiger partial charge in [0.25, 0.3) is 5.88 Å². The first-order chi connectivity index (χ1) is 9.78. The molecule has 3 rings (SSSR count). The molecule has 0 spiro atoms. The largest absolute Gasteiger partial charge is 0.475 e. The van der Waals surface area contributed by atoms with Gasteiger partial charge < -0.3 is 10.2 Å². The maximum atomic E-state index is 5.91. The molecular formula is C14H19N5O. The summed E-state index contributed by atoms with van der Waals surface area (Å²) in [7, 11) is 0. The molecule has 0 amide bonds. The summed E-state index contributed by atoms with van der Waals surface area (Å²) in [6.07, 6.45) is 12.0. The van der Waals surface area contributed by atoms with E-state index in [2.05, 4.69) is 34.5 Å². The van der Waals surface area contributed by atoms with Crippen LogP contribution in [0.3, 0.4) is 0 Å². The Bertz CT molecular complexity index is 621. The number of hydrogen-bond donors (Lipinski definition) is 2. The molecule has 0 fully saturated rings. The van der Waals surface area contributed by atoms with E-state index in [1.54, 1.807) is 12.4 Å². The van der Waals surface area contributed by atoms with Crippen LogP contribution in [0.15, 0.2) is 30.7 Å². The van der Waals surface area contributed by atoms with Gasteiger partial charge in [0.15, 0.2) is 5.82 Å². The van der Waals surface area contributed by atoms with Gasteiger partial charge in [0.05, 0.1) is 12.8 Å². The van der Waals surface area contributed by atoms with E-state index in [1.807, 2.05) is 10.6 Å². The Morgan fingerprint density at radius 2 is 2.30 bits per heavy atom. The predicted molar refractivity (Wildman–Crippen MR) is 77.3 cm³/mol. The fourth-order valence-corrected chi connectivity index (χ4v) is 2.49. The molecule has 6 heteroatoms. The number of aromatic nitrogens is 3. The van der Waals surface area contributed by atoms with Gasteiger partial charge in [0, 0.05) is 12.4 Å². The average Bonchev–Trinajstić information content (AvgIpc) is 2.94. The molecule has 3 N–H and O–H groups in total. The zero-order valence-electron chi connectivity index (χ0n) is 11.5. The van der Waals surface area contributed by atoms with Crippen molar-refractivity contribution in [2.45, 2.75) is 19.8 Å². The molecule has 0 saturated heterocycles. The van der Waals surface area contributed by atoms with Gasteiger partial charge in [-0.1, -0.05) is 19.1 Å². The predicted octanol–water partition coefficient (Wildman–Crippen LogP) is 2.00. The summed E-state index contributed by atoms with van der Waals surface area (Å²) in [6, 6.07) is 0. The van der Waals surface area contributed by atoms with Crippen LogP contribution in [0.5, 0.6) is 5.88 Å². The SMILES string of the molecule is CC1CC=CCC1COc1nc(NN)cn2ccnc12. The normalized spacial score (nSPS) is 22.1. The first-order valence-corrected chi connectivity index (χ1v) is 6.86. The molecule has 2 unspecified atom stereocenters. The maximum absolute atomic E-state index is 5.91. The van der Waals surface area contributed by atoms with E-state index in [-0.39, 0.29) is 0 Å². The average molecular weight is 273 g/mol. The lowest BCUT2D eigenvalue weighted by atomic mass is 9.85. The lowest BCUT2D eigenvalue weighted by Crippen LogP contribution is -2.22. The van der Waals surface area contributed by atoms with Crippen LogP contribution in [0.4, 0.5) is 5.82 Å². The molecule has 0 radical (unpaired) electrons. The minimum absolute atomic E-state index is 0.520. The number of anilines is 1. The number of ether oxygens (including phenoxy) is 1. The van der Waals surface area contributed by atoms with Crippen molar-refractivity contribution in [1.29, 1.82) is 0 Å². The molecule has 2 atom stereocenters. The van der Waals surface area contributed by atoms with Crippen LogP contribution in [0.2, 0.25) is 0 Å². The fourth-order valence-electron chi connectivity index (χ4n) is 2.49. The Morgan fingerprint density at radius 1 is 1.45 bits per heavy atom. The Kier molecular flexibility index (Phi) is 3.56. The molecule has 1 aliphatic carbocycles. The van der Waals surface area contributed by atoms with Crippen molar-refractivity contribution < 1.29 is 4.74 Å². The monoisotopic (exact) mass is 273 g/mol. The summed E-state index contributed by atoms with van der Waals surface area (Å²) in [6.45, 7) is 2.91. The topological polar surface area (TPSA) is 77.5 Å². The summed E-state index contributed by atoms with van der Waals surface area (Å²) < 4.78 is 7.76. The van der Waals surface area contributed by atoms with Gasteiger partial charge in [-0.3, -0.25) is 4.40 Å². The Labute approximate surface area is 117 Å². The second-order valence-electron chi connectivity index (χ2n) is 5.22. The zero-order chi connectivity index (χ0) is 13.9. The fraction of sp³-hybridized carbons (Fsp3) is 0.429. The first kappa shape index (κ1) is 12.9. The number of rotatable bonds is 4. The van der Waals surface area contributed by atoms with Crippen molar-refractivity contribution in [3.63, 3.8) is 0 Å². The summed E-state index contributed by atoms with van der Waals surface area (Å²) >= 11 is 0. The van der Waals surface area contributed by atoms with E-state index in [0.29, 0.717) is 35.8 Å². The molecule has 20 heavy (non-hydrogen) atoms. The third-order valence-electron chi connectivity index (χ3n) is 3.84. The highest BCUT2D eigenvalue weighted by molar-refractivity contribution is 5.53. The van der Waals surface area contributed by atoms with Crippen LogP contribution >= 0.6 is 0 Å². The summed E-state index contributed by atoms with van der Waals surface area (Å²) in [4.78, 5) is 8.61. The van der Waals surface area contributed by atoms with Crippen molar-refractivity contribution >= 4 is 11.5 Å². The number of allylic oxidation sites excluding steroid dienone is 2. The maximum Gasteiger partial charge on any atom is 0.260 e. The van der Waals surface area contributed by atoms with Crippen LogP contribution in [0.1, 0.15) is 19.8 Å².